The summed E-state index contributed by atoms with van der Waals surface area (Å²) < 4.78 is 6.79. The van der Waals surface area contributed by atoms with Gasteiger partial charge in [0.2, 0.25) is 5.91 Å². The van der Waals surface area contributed by atoms with E-state index in [4.69, 9.17) is 4.74 Å². The molecule has 0 aliphatic carbocycles. The van der Waals surface area contributed by atoms with Crippen LogP contribution >= 0.6 is 0 Å². The molecule has 0 aliphatic rings. The average Bonchev–Trinajstić information content (AvgIpc) is 2.76. The quantitative estimate of drug-likeness (QED) is 0.560. The van der Waals surface area contributed by atoms with Crippen molar-refractivity contribution in [1.29, 1.82) is 0 Å². The SMILES string of the molecule is CCOC(=O)c1c(C)c(C(=O)C(C)N(C(=O)CC)C(C)C)c(C)n1C. The molecule has 1 unspecified atom stereocenters. The van der Waals surface area contributed by atoms with Crippen LogP contribution in [0.4, 0.5) is 0 Å². The number of rotatable bonds is 7. The van der Waals surface area contributed by atoms with Gasteiger partial charge in [0, 0.05) is 30.8 Å². The number of hydrogen-bond acceptors (Lipinski definition) is 4. The lowest BCUT2D eigenvalue weighted by Gasteiger charge is -2.32. The first kappa shape index (κ1) is 20.9. The molecule has 140 valence electrons. The van der Waals surface area contributed by atoms with Crippen molar-refractivity contribution in [2.75, 3.05) is 6.61 Å². The molecule has 25 heavy (non-hydrogen) atoms. The van der Waals surface area contributed by atoms with Gasteiger partial charge in [0.15, 0.2) is 5.78 Å². The second kappa shape index (κ2) is 8.32. The molecule has 1 atom stereocenters. The van der Waals surface area contributed by atoms with Gasteiger partial charge >= 0.3 is 5.97 Å². The summed E-state index contributed by atoms with van der Waals surface area (Å²) >= 11 is 0. The molecule has 0 aliphatic heterocycles. The molecule has 0 saturated carbocycles. The monoisotopic (exact) mass is 350 g/mol. The number of ketones is 1. The van der Waals surface area contributed by atoms with E-state index < -0.39 is 12.0 Å². The summed E-state index contributed by atoms with van der Waals surface area (Å²) in [6.45, 7) is 12.9. The molecular formula is C19H30N2O4. The normalized spacial score (nSPS) is 12.2. The Labute approximate surface area is 150 Å². The van der Waals surface area contributed by atoms with Gasteiger partial charge in [0.05, 0.1) is 12.6 Å². The first-order chi connectivity index (χ1) is 11.6. The van der Waals surface area contributed by atoms with Crippen LogP contribution in [0.5, 0.6) is 0 Å². The van der Waals surface area contributed by atoms with Crippen molar-refractivity contribution in [2.24, 2.45) is 7.05 Å². The lowest BCUT2D eigenvalue weighted by atomic mass is 9.99. The molecule has 1 heterocycles. The van der Waals surface area contributed by atoms with Gasteiger partial charge in [-0.25, -0.2) is 4.79 Å². The van der Waals surface area contributed by atoms with Crippen LogP contribution in [0.1, 0.15) is 73.1 Å². The summed E-state index contributed by atoms with van der Waals surface area (Å²) in [6.07, 6.45) is 0.344. The summed E-state index contributed by atoms with van der Waals surface area (Å²) in [7, 11) is 1.74. The maximum atomic E-state index is 13.1. The second-order valence-electron chi connectivity index (χ2n) is 6.50. The van der Waals surface area contributed by atoms with Crippen LogP contribution in [-0.4, -0.2) is 45.8 Å². The van der Waals surface area contributed by atoms with E-state index in [-0.39, 0.29) is 24.3 Å². The number of ether oxygens (including phenoxy) is 1. The van der Waals surface area contributed by atoms with E-state index in [2.05, 4.69) is 0 Å². The number of Topliss-reactive ketones (excluding diaryl/α,β-unsaturated/α-hetero) is 1. The summed E-state index contributed by atoms with van der Waals surface area (Å²) in [5.41, 5.74) is 2.17. The van der Waals surface area contributed by atoms with Gasteiger partial charge < -0.3 is 14.2 Å². The third-order valence-electron chi connectivity index (χ3n) is 4.59. The lowest BCUT2D eigenvalue weighted by Crippen LogP contribution is -2.47. The van der Waals surface area contributed by atoms with Gasteiger partial charge in [-0.1, -0.05) is 6.92 Å². The lowest BCUT2D eigenvalue weighted by molar-refractivity contribution is -0.133. The van der Waals surface area contributed by atoms with Crippen molar-refractivity contribution in [3.63, 3.8) is 0 Å². The molecular weight excluding hydrogens is 320 g/mol. The Morgan fingerprint density at radius 2 is 1.68 bits per heavy atom. The fraction of sp³-hybridized carbons (Fsp3) is 0.632. The fourth-order valence-electron chi connectivity index (χ4n) is 3.30. The predicted molar refractivity (Wildman–Crippen MR) is 96.9 cm³/mol. The van der Waals surface area contributed by atoms with E-state index >= 15 is 0 Å². The molecule has 6 heteroatoms. The Morgan fingerprint density at radius 3 is 2.12 bits per heavy atom. The Bertz CT molecular complexity index is 673. The fourth-order valence-corrected chi connectivity index (χ4v) is 3.30. The van der Waals surface area contributed by atoms with Crippen LogP contribution in [0, 0.1) is 13.8 Å². The average molecular weight is 350 g/mol. The highest BCUT2D eigenvalue weighted by molar-refractivity contribution is 6.06. The first-order valence-corrected chi connectivity index (χ1v) is 8.78. The van der Waals surface area contributed by atoms with Crippen LogP contribution < -0.4 is 0 Å². The molecule has 1 aromatic heterocycles. The van der Waals surface area contributed by atoms with Gasteiger partial charge in [-0.15, -0.1) is 0 Å². The standard InChI is InChI=1S/C19H30N2O4/c1-9-15(22)21(11(3)4)14(7)18(23)16-12(5)17(19(24)25-10-2)20(8)13(16)6/h11,14H,9-10H2,1-8H3. The maximum Gasteiger partial charge on any atom is 0.355 e. The highest BCUT2D eigenvalue weighted by Gasteiger charge is 2.33. The third-order valence-corrected chi connectivity index (χ3v) is 4.59. The van der Waals surface area contributed by atoms with Crippen molar-refractivity contribution in [1.82, 2.24) is 9.47 Å². The van der Waals surface area contributed by atoms with Gasteiger partial charge in [0.25, 0.3) is 0 Å². The van der Waals surface area contributed by atoms with Crippen LogP contribution in [-0.2, 0) is 16.6 Å². The zero-order chi connectivity index (χ0) is 19.5. The highest BCUT2D eigenvalue weighted by Crippen LogP contribution is 2.25. The minimum atomic E-state index is -0.595. The summed E-state index contributed by atoms with van der Waals surface area (Å²) in [5.74, 6) is -0.660. The molecule has 0 bridgehead atoms. The Hall–Kier alpha value is -2.11. The number of amides is 1. The smallest absolute Gasteiger partial charge is 0.355 e. The van der Waals surface area contributed by atoms with E-state index in [1.54, 1.807) is 51.1 Å². The predicted octanol–water partition coefficient (Wildman–Crippen LogP) is 3.04. The van der Waals surface area contributed by atoms with Gasteiger partial charge in [-0.05, 0) is 47.1 Å². The summed E-state index contributed by atoms with van der Waals surface area (Å²) in [6, 6.07) is -0.678. The van der Waals surface area contributed by atoms with E-state index in [1.165, 1.54) is 0 Å². The van der Waals surface area contributed by atoms with Crippen molar-refractivity contribution in [3.8, 4) is 0 Å². The molecule has 0 saturated heterocycles. The van der Waals surface area contributed by atoms with Crippen molar-refractivity contribution >= 4 is 17.7 Å². The third kappa shape index (κ3) is 3.94. The van der Waals surface area contributed by atoms with Crippen molar-refractivity contribution < 1.29 is 19.1 Å². The molecule has 6 nitrogen and oxygen atoms in total. The first-order valence-electron chi connectivity index (χ1n) is 8.78. The van der Waals surface area contributed by atoms with Crippen molar-refractivity contribution in [2.45, 2.75) is 67.0 Å². The Balaban J connectivity index is 3.36. The van der Waals surface area contributed by atoms with Gasteiger partial charge in [-0.3, -0.25) is 9.59 Å². The second-order valence-corrected chi connectivity index (χ2v) is 6.50. The van der Waals surface area contributed by atoms with Crippen LogP contribution in [0.15, 0.2) is 0 Å². The molecule has 0 aromatic carbocycles. The number of hydrogen-bond donors (Lipinski definition) is 0. The Kier molecular flexibility index (Phi) is 6.96. The molecule has 0 fully saturated rings. The maximum absolute atomic E-state index is 13.1. The Morgan fingerprint density at radius 1 is 1.12 bits per heavy atom. The molecule has 1 aromatic rings. The molecule has 0 N–H and O–H groups in total. The molecule has 0 spiro atoms. The minimum absolute atomic E-state index is 0.0623. The number of aromatic nitrogens is 1. The molecule has 0 radical (unpaired) electrons. The number of carbonyl (C=O) groups excluding carboxylic acids is 3. The zero-order valence-electron chi connectivity index (χ0n) is 16.6. The van der Waals surface area contributed by atoms with E-state index in [1.807, 2.05) is 13.8 Å². The van der Waals surface area contributed by atoms with Crippen molar-refractivity contribution in [3.05, 3.63) is 22.5 Å². The van der Waals surface area contributed by atoms with Crippen LogP contribution in [0.25, 0.3) is 0 Å². The minimum Gasteiger partial charge on any atom is -0.461 e. The zero-order valence-corrected chi connectivity index (χ0v) is 16.6. The van der Waals surface area contributed by atoms with E-state index in [0.29, 0.717) is 28.9 Å². The van der Waals surface area contributed by atoms with Crippen LogP contribution in [0.2, 0.25) is 0 Å². The largest absolute Gasteiger partial charge is 0.461 e. The van der Waals surface area contributed by atoms with Gasteiger partial charge in [-0.2, -0.15) is 0 Å². The summed E-state index contributed by atoms with van der Waals surface area (Å²) in [4.78, 5) is 39.2. The number of carbonyl (C=O) groups is 3. The van der Waals surface area contributed by atoms with Crippen LogP contribution in [0.3, 0.4) is 0 Å². The topological polar surface area (TPSA) is 68.6 Å². The van der Waals surface area contributed by atoms with E-state index in [0.717, 1.165) is 0 Å². The molecule has 1 rings (SSSR count). The van der Waals surface area contributed by atoms with Gasteiger partial charge in [0.1, 0.15) is 5.69 Å². The molecule has 1 amide bonds. The highest BCUT2D eigenvalue weighted by atomic mass is 16.5. The summed E-state index contributed by atoms with van der Waals surface area (Å²) in [5, 5.41) is 0. The van der Waals surface area contributed by atoms with E-state index in [9.17, 15) is 14.4 Å². The number of esters is 1. The number of nitrogens with zero attached hydrogens (tertiary/aromatic N) is 2.